The van der Waals surface area contributed by atoms with E-state index in [1.807, 2.05) is 13.8 Å². The number of hydrogen-bond donors (Lipinski definition) is 0. The Morgan fingerprint density at radius 1 is 1.40 bits per heavy atom. The maximum absolute atomic E-state index is 11.4. The van der Waals surface area contributed by atoms with E-state index >= 15 is 0 Å². The molecular formula is C10H17NO3S. The molecule has 0 aromatic carbocycles. The van der Waals surface area contributed by atoms with Crippen LogP contribution in [-0.4, -0.2) is 48.7 Å². The standard InChI is InChI=1S/C10H17NO3S/c1-10(2)5-9(12)6-11(10)8-3-4-15(13,14)7-8/h8H,3-7H2,1-2H3. The molecule has 2 aliphatic heterocycles. The molecule has 0 bridgehead atoms. The van der Waals surface area contributed by atoms with Gasteiger partial charge in [0.1, 0.15) is 5.78 Å². The van der Waals surface area contributed by atoms with Gasteiger partial charge in [-0.2, -0.15) is 0 Å². The van der Waals surface area contributed by atoms with Crippen LogP contribution in [0.3, 0.4) is 0 Å². The van der Waals surface area contributed by atoms with Gasteiger partial charge in [0.15, 0.2) is 9.84 Å². The van der Waals surface area contributed by atoms with Gasteiger partial charge in [-0.05, 0) is 20.3 Å². The van der Waals surface area contributed by atoms with Crippen molar-refractivity contribution in [2.24, 2.45) is 0 Å². The van der Waals surface area contributed by atoms with Gasteiger partial charge >= 0.3 is 0 Å². The lowest BCUT2D eigenvalue weighted by atomic mass is 10.00. The molecule has 0 radical (unpaired) electrons. The van der Waals surface area contributed by atoms with Crippen molar-refractivity contribution in [2.45, 2.75) is 38.3 Å². The number of ketones is 1. The number of Topliss-reactive ketones (excluding diaryl/α,β-unsaturated/α-hetero) is 1. The van der Waals surface area contributed by atoms with Crippen LogP contribution >= 0.6 is 0 Å². The molecule has 0 saturated carbocycles. The van der Waals surface area contributed by atoms with E-state index in [2.05, 4.69) is 4.90 Å². The maximum atomic E-state index is 11.4. The number of carbonyl (C=O) groups excluding carboxylic acids is 1. The third-order valence-electron chi connectivity index (χ3n) is 3.40. The topological polar surface area (TPSA) is 54.5 Å². The Morgan fingerprint density at radius 2 is 2.07 bits per heavy atom. The lowest BCUT2D eigenvalue weighted by Gasteiger charge is -2.34. The van der Waals surface area contributed by atoms with Crippen LogP contribution in [-0.2, 0) is 14.6 Å². The summed E-state index contributed by atoms with van der Waals surface area (Å²) in [6, 6.07) is 0.0523. The van der Waals surface area contributed by atoms with E-state index in [0.717, 1.165) is 0 Å². The number of sulfone groups is 1. The largest absolute Gasteiger partial charge is 0.298 e. The summed E-state index contributed by atoms with van der Waals surface area (Å²) in [6.45, 7) is 4.46. The molecule has 86 valence electrons. The number of hydrogen-bond acceptors (Lipinski definition) is 4. The number of nitrogens with zero attached hydrogens (tertiary/aromatic N) is 1. The number of likely N-dealkylation sites (tertiary alicyclic amines) is 1. The van der Waals surface area contributed by atoms with E-state index in [-0.39, 0.29) is 28.9 Å². The Balaban J connectivity index is 2.16. The first-order valence-corrected chi connectivity index (χ1v) is 7.11. The molecule has 0 aliphatic carbocycles. The summed E-state index contributed by atoms with van der Waals surface area (Å²) in [5.74, 6) is 0.728. The van der Waals surface area contributed by atoms with Gasteiger partial charge in [-0.25, -0.2) is 8.42 Å². The Kier molecular flexibility index (Phi) is 2.43. The third kappa shape index (κ3) is 2.08. The molecule has 15 heavy (non-hydrogen) atoms. The van der Waals surface area contributed by atoms with Crippen molar-refractivity contribution >= 4 is 15.6 Å². The molecule has 2 saturated heterocycles. The van der Waals surface area contributed by atoms with Gasteiger partial charge in [0.05, 0.1) is 18.1 Å². The van der Waals surface area contributed by atoms with Crippen LogP contribution < -0.4 is 0 Å². The first kappa shape index (κ1) is 11.1. The minimum atomic E-state index is -2.85. The highest BCUT2D eigenvalue weighted by molar-refractivity contribution is 7.91. The Morgan fingerprint density at radius 3 is 2.47 bits per heavy atom. The molecule has 0 spiro atoms. The Bertz CT molecular complexity index is 385. The summed E-state index contributed by atoms with van der Waals surface area (Å²) in [4.78, 5) is 13.5. The van der Waals surface area contributed by atoms with Gasteiger partial charge in [-0.3, -0.25) is 9.69 Å². The first-order chi connectivity index (χ1) is 6.80. The van der Waals surface area contributed by atoms with Gasteiger partial charge in [0, 0.05) is 18.0 Å². The summed E-state index contributed by atoms with van der Waals surface area (Å²) in [6.07, 6.45) is 1.22. The summed E-state index contributed by atoms with van der Waals surface area (Å²) >= 11 is 0. The number of carbonyl (C=O) groups is 1. The van der Waals surface area contributed by atoms with Crippen molar-refractivity contribution in [3.63, 3.8) is 0 Å². The average molecular weight is 231 g/mol. The predicted molar refractivity (Wildman–Crippen MR) is 57.5 cm³/mol. The number of rotatable bonds is 1. The summed E-state index contributed by atoms with van der Waals surface area (Å²) in [5, 5.41) is 0. The Hall–Kier alpha value is -0.420. The van der Waals surface area contributed by atoms with Crippen LogP contribution in [0.4, 0.5) is 0 Å². The fourth-order valence-corrected chi connectivity index (χ4v) is 4.42. The van der Waals surface area contributed by atoms with Crippen molar-refractivity contribution in [3.05, 3.63) is 0 Å². The molecule has 2 fully saturated rings. The molecule has 1 atom stereocenters. The second kappa shape index (κ2) is 3.28. The fraction of sp³-hybridized carbons (Fsp3) is 0.900. The summed E-state index contributed by atoms with van der Waals surface area (Å²) < 4.78 is 22.8. The van der Waals surface area contributed by atoms with E-state index in [1.54, 1.807) is 0 Å². The molecule has 4 nitrogen and oxygen atoms in total. The monoisotopic (exact) mass is 231 g/mol. The smallest absolute Gasteiger partial charge is 0.151 e. The van der Waals surface area contributed by atoms with Crippen LogP contribution in [0.1, 0.15) is 26.7 Å². The van der Waals surface area contributed by atoms with E-state index in [9.17, 15) is 13.2 Å². The minimum absolute atomic E-state index is 0.0523. The van der Waals surface area contributed by atoms with E-state index in [1.165, 1.54) is 0 Å². The van der Waals surface area contributed by atoms with Gasteiger partial charge < -0.3 is 0 Å². The maximum Gasteiger partial charge on any atom is 0.151 e. The lowest BCUT2D eigenvalue weighted by Crippen LogP contribution is -2.46. The molecule has 0 aromatic rings. The molecule has 5 heteroatoms. The molecule has 0 aromatic heterocycles. The van der Waals surface area contributed by atoms with Crippen molar-refractivity contribution in [3.8, 4) is 0 Å². The van der Waals surface area contributed by atoms with Gasteiger partial charge in [-0.1, -0.05) is 0 Å². The van der Waals surface area contributed by atoms with Gasteiger partial charge in [-0.15, -0.1) is 0 Å². The second-order valence-electron chi connectivity index (χ2n) is 5.21. The Labute approximate surface area is 90.6 Å². The fourth-order valence-electron chi connectivity index (χ4n) is 2.69. The highest BCUT2D eigenvalue weighted by Gasteiger charge is 2.44. The van der Waals surface area contributed by atoms with Gasteiger partial charge in [0.25, 0.3) is 0 Å². The minimum Gasteiger partial charge on any atom is -0.298 e. The SMILES string of the molecule is CC1(C)CC(=O)CN1C1CCS(=O)(=O)C1. The van der Waals surface area contributed by atoms with Crippen molar-refractivity contribution in [1.82, 2.24) is 4.90 Å². The first-order valence-electron chi connectivity index (χ1n) is 5.29. The van der Waals surface area contributed by atoms with Crippen molar-refractivity contribution in [2.75, 3.05) is 18.1 Å². The molecular weight excluding hydrogens is 214 g/mol. The molecule has 0 N–H and O–H groups in total. The summed E-state index contributed by atoms with van der Waals surface area (Å²) in [5.41, 5.74) is -0.165. The average Bonchev–Trinajstić information content (AvgIpc) is 2.51. The van der Waals surface area contributed by atoms with Crippen molar-refractivity contribution in [1.29, 1.82) is 0 Å². The van der Waals surface area contributed by atoms with E-state index < -0.39 is 9.84 Å². The van der Waals surface area contributed by atoms with Crippen LogP contribution in [0.5, 0.6) is 0 Å². The quantitative estimate of drug-likeness (QED) is 0.648. The zero-order valence-corrected chi connectivity index (χ0v) is 10.0. The molecule has 2 heterocycles. The zero-order chi connectivity index (χ0) is 11.3. The van der Waals surface area contributed by atoms with Crippen LogP contribution in [0.2, 0.25) is 0 Å². The van der Waals surface area contributed by atoms with Crippen molar-refractivity contribution < 1.29 is 13.2 Å². The van der Waals surface area contributed by atoms with Crippen LogP contribution in [0.25, 0.3) is 0 Å². The van der Waals surface area contributed by atoms with E-state index in [0.29, 0.717) is 19.4 Å². The third-order valence-corrected chi connectivity index (χ3v) is 5.15. The molecule has 0 amide bonds. The zero-order valence-electron chi connectivity index (χ0n) is 9.19. The van der Waals surface area contributed by atoms with Crippen LogP contribution in [0.15, 0.2) is 0 Å². The summed E-state index contributed by atoms with van der Waals surface area (Å²) in [7, 11) is -2.85. The molecule has 2 rings (SSSR count). The lowest BCUT2D eigenvalue weighted by molar-refractivity contribution is -0.117. The van der Waals surface area contributed by atoms with E-state index in [4.69, 9.17) is 0 Å². The normalized spacial score (nSPS) is 34.8. The molecule has 2 aliphatic rings. The van der Waals surface area contributed by atoms with Crippen LogP contribution in [0, 0.1) is 0 Å². The van der Waals surface area contributed by atoms with Gasteiger partial charge in [0.2, 0.25) is 0 Å². The predicted octanol–water partition coefficient (Wildman–Crippen LogP) is 0.227. The molecule has 1 unspecified atom stereocenters. The second-order valence-corrected chi connectivity index (χ2v) is 7.44. The highest BCUT2D eigenvalue weighted by atomic mass is 32.2. The highest BCUT2D eigenvalue weighted by Crippen LogP contribution is 2.32.